The van der Waals surface area contributed by atoms with E-state index in [9.17, 15) is 14.4 Å². The summed E-state index contributed by atoms with van der Waals surface area (Å²) in [5.41, 5.74) is 3.01. The highest BCUT2D eigenvalue weighted by molar-refractivity contribution is 6.05. The second kappa shape index (κ2) is 8.37. The number of nitrogens with one attached hydrogen (secondary N) is 2. The van der Waals surface area contributed by atoms with E-state index in [1.54, 1.807) is 28.9 Å². The van der Waals surface area contributed by atoms with Crippen LogP contribution in [0.3, 0.4) is 0 Å². The lowest BCUT2D eigenvalue weighted by Crippen LogP contribution is -2.51. The van der Waals surface area contributed by atoms with Crippen LogP contribution >= 0.6 is 0 Å². The summed E-state index contributed by atoms with van der Waals surface area (Å²) in [7, 11) is 0. The SMILES string of the molecule is CCC1(c2ccc(NC(=O)c3ccc(-n4nc(C)cc4C)nc3)cc2)CCC(=O)NC1=O. The van der Waals surface area contributed by atoms with E-state index in [-0.39, 0.29) is 17.7 Å². The molecule has 164 valence electrons. The van der Waals surface area contributed by atoms with Crippen molar-refractivity contribution in [3.8, 4) is 5.82 Å². The lowest BCUT2D eigenvalue weighted by Gasteiger charge is -2.35. The van der Waals surface area contributed by atoms with Crippen molar-refractivity contribution in [2.75, 3.05) is 5.32 Å². The zero-order valence-corrected chi connectivity index (χ0v) is 18.3. The van der Waals surface area contributed by atoms with Crippen LogP contribution in [0, 0.1) is 13.8 Å². The fourth-order valence-corrected chi connectivity index (χ4v) is 4.15. The molecule has 3 aromatic rings. The van der Waals surface area contributed by atoms with E-state index in [1.807, 2.05) is 39.0 Å². The number of carbonyl (C=O) groups is 3. The minimum absolute atomic E-state index is 0.236. The third-order valence-corrected chi connectivity index (χ3v) is 6.00. The Morgan fingerprint density at radius 2 is 1.91 bits per heavy atom. The van der Waals surface area contributed by atoms with Gasteiger partial charge in [0.05, 0.1) is 16.7 Å². The second-order valence-electron chi connectivity index (χ2n) is 8.09. The van der Waals surface area contributed by atoms with Crippen molar-refractivity contribution in [3.63, 3.8) is 0 Å². The molecule has 1 aliphatic rings. The highest BCUT2D eigenvalue weighted by Crippen LogP contribution is 2.36. The molecule has 1 unspecified atom stereocenters. The van der Waals surface area contributed by atoms with Crippen LogP contribution in [0.2, 0.25) is 0 Å². The number of hydrogen-bond donors (Lipinski definition) is 2. The lowest BCUT2D eigenvalue weighted by atomic mass is 9.72. The molecule has 8 heteroatoms. The first kappa shape index (κ1) is 21.4. The van der Waals surface area contributed by atoms with E-state index in [4.69, 9.17) is 0 Å². The Morgan fingerprint density at radius 3 is 2.47 bits per heavy atom. The maximum atomic E-state index is 12.7. The molecule has 2 N–H and O–H groups in total. The molecule has 0 spiro atoms. The van der Waals surface area contributed by atoms with Crippen LogP contribution in [0.4, 0.5) is 5.69 Å². The van der Waals surface area contributed by atoms with Crippen LogP contribution in [-0.2, 0) is 15.0 Å². The molecule has 32 heavy (non-hydrogen) atoms. The Balaban J connectivity index is 1.47. The maximum Gasteiger partial charge on any atom is 0.257 e. The van der Waals surface area contributed by atoms with Gasteiger partial charge in [0.15, 0.2) is 5.82 Å². The van der Waals surface area contributed by atoms with Crippen molar-refractivity contribution in [1.29, 1.82) is 0 Å². The number of pyridine rings is 1. The average molecular weight is 431 g/mol. The fourth-order valence-electron chi connectivity index (χ4n) is 4.15. The van der Waals surface area contributed by atoms with Gasteiger partial charge in [0.1, 0.15) is 0 Å². The van der Waals surface area contributed by atoms with Gasteiger partial charge in [-0.25, -0.2) is 9.67 Å². The molecule has 0 saturated carbocycles. The Bertz CT molecular complexity index is 1180. The van der Waals surface area contributed by atoms with Crippen LogP contribution in [0.25, 0.3) is 5.82 Å². The van der Waals surface area contributed by atoms with Crippen molar-refractivity contribution in [2.24, 2.45) is 0 Å². The standard InChI is InChI=1S/C24H25N5O3/c1-4-24(12-11-21(30)27-23(24)32)18-6-8-19(9-7-18)26-22(31)17-5-10-20(25-14-17)29-16(3)13-15(2)28-29/h5-10,13-14H,4,11-12H2,1-3H3,(H,26,31)(H,27,30,32). The Labute approximate surface area is 186 Å². The van der Waals surface area contributed by atoms with Gasteiger partial charge in [-0.1, -0.05) is 19.1 Å². The number of aromatic nitrogens is 3. The van der Waals surface area contributed by atoms with E-state index in [0.717, 1.165) is 17.0 Å². The zero-order valence-electron chi connectivity index (χ0n) is 18.3. The van der Waals surface area contributed by atoms with Gasteiger partial charge in [-0.2, -0.15) is 5.10 Å². The van der Waals surface area contributed by atoms with Gasteiger partial charge < -0.3 is 5.32 Å². The molecule has 8 nitrogen and oxygen atoms in total. The fraction of sp³-hybridized carbons (Fsp3) is 0.292. The van der Waals surface area contributed by atoms with E-state index in [1.165, 1.54) is 6.20 Å². The topological polar surface area (TPSA) is 106 Å². The Hall–Kier alpha value is -3.81. The summed E-state index contributed by atoms with van der Waals surface area (Å²) in [6.07, 6.45) is 2.90. The number of benzene rings is 1. The molecule has 4 rings (SSSR count). The van der Waals surface area contributed by atoms with Gasteiger partial charge in [0.2, 0.25) is 11.8 Å². The third-order valence-electron chi connectivity index (χ3n) is 6.00. The summed E-state index contributed by atoms with van der Waals surface area (Å²) in [4.78, 5) is 41.1. The van der Waals surface area contributed by atoms with Crippen LogP contribution in [-0.4, -0.2) is 32.5 Å². The summed E-state index contributed by atoms with van der Waals surface area (Å²) >= 11 is 0. The monoisotopic (exact) mass is 431 g/mol. The van der Waals surface area contributed by atoms with Gasteiger partial charge in [0.25, 0.3) is 5.91 Å². The summed E-state index contributed by atoms with van der Waals surface area (Å²) in [6, 6.07) is 12.6. The second-order valence-corrected chi connectivity index (χ2v) is 8.09. The van der Waals surface area contributed by atoms with Crippen molar-refractivity contribution < 1.29 is 14.4 Å². The smallest absolute Gasteiger partial charge is 0.257 e. The number of hydrogen-bond acceptors (Lipinski definition) is 5. The molecule has 0 radical (unpaired) electrons. The Kier molecular flexibility index (Phi) is 5.61. The van der Waals surface area contributed by atoms with Crippen molar-refractivity contribution >= 4 is 23.4 Å². The summed E-state index contributed by atoms with van der Waals surface area (Å²) < 4.78 is 1.73. The first-order chi connectivity index (χ1) is 15.3. The number of aryl methyl sites for hydroxylation is 2. The zero-order chi connectivity index (χ0) is 22.9. The highest BCUT2D eigenvalue weighted by Gasteiger charge is 2.42. The molecular formula is C24H25N5O3. The summed E-state index contributed by atoms with van der Waals surface area (Å²) in [5, 5.41) is 9.70. The summed E-state index contributed by atoms with van der Waals surface area (Å²) in [6.45, 7) is 5.80. The molecule has 1 fully saturated rings. The highest BCUT2D eigenvalue weighted by atomic mass is 16.2. The third kappa shape index (κ3) is 3.91. The van der Waals surface area contributed by atoms with E-state index in [0.29, 0.717) is 36.3 Å². The van der Waals surface area contributed by atoms with Gasteiger partial charge in [0, 0.05) is 24.0 Å². The van der Waals surface area contributed by atoms with Crippen LogP contribution < -0.4 is 10.6 Å². The predicted molar refractivity (Wildman–Crippen MR) is 120 cm³/mol. The molecule has 0 bridgehead atoms. The Morgan fingerprint density at radius 1 is 1.16 bits per heavy atom. The molecule has 1 aromatic carbocycles. The average Bonchev–Trinajstić information content (AvgIpc) is 3.13. The van der Waals surface area contributed by atoms with Gasteiger partial charge in [-0.3, -0.25) is 19.7 Å². The molecular weight excluding hydrogens is 406 g/mol. The maximum absolute atomic E-state index is 12.7. The minimum Gasteiger partial charge on any atom is -0.322 e. The van der Waals surface area contributed by atoms with Crippen molar-refractivity contribution in [2.45, 2.75) is 45.4 Å². The number of nitrogens with zero attached hydrogens (tertiary/aromatic N) is 3. The molecule has 2 aromatic heterocycles. The lowest BCUT2D eigenvalue weighted by molar-refractivity contribution is -0.138. The molecule has 1 aliphatic heterocycles. The largest absolute Gasteiger partial charge is 0.322 e. The molecule has 3 amide bonds. The van der Waals surface area contributed by atoms with Crippen molar-refractivity contribution in [3.05, 3.63) is 71.2 Å². The van der Waals surface area contributed by atoms with Crippen LogP contribution in [0.1, 0.15) is 53.5 Å². The number of amides is 3. The quantitative estimate of drug-likeness (QED) is 0.604. The van der Waals surface area contributed by atoms with Crippen molar-refractivity contribution in [1.82, 2.24) is 20.1 Å². The van der Waals surface area contributed by atoms with E-state index in [2.05, 4.69) is 20.7 Å². The molecule has 1 saturated heterocycles. The number of imide groups is 1. The number of anilines is 1. The van der Waals surface area contributed by atoms with Gasteiger partial charge in [-0.05, 0) is 62.6 Å². The predicted octanol–water partition coefficient (Wildman–Crippen LogP) is 3.22. The first-order valence-electron chi connectivity index (χ1n) is 10.6. The van der Waals surface area contributed by atoms with E-state index < -0.39 is 5.41 Å². The number of rotatable bonds is 5. The van der Waals surface area contributed by atoms with E-state index >= 15 is 0 Å². The normalized spacial score (nSPS) is 18.3. The first-order valence-corrected chi connectivity index (χ1v) is 10.6. The number of piperidine rings is 1. The number of carbonyl (C=O) groups excluding carboxylic acids is 3. The van der Waals surface area contributed by atoms with Crippen LogP contribution in [0.5, 0.6) is 0 Å². The van der Waals surface area contributed by atoms with Gasteiger partial charge in [-0.15, -0.1) is 0 Å². The van der Waals surface area contributed by atoms with Crippen LogP contribution in [0.15, 0.2) is 48.7 Å². The molecule has 1 atom stereocenters. The molecule has 0 aliphatic carbocycles. The summed E-state index contributed by atoms with van der Waals surface area (Å²) in [5.74, 6) is -0.135. The minimum atomic E-state index is -0.723. The molecule has 3 heterocycles. The van der Waals surface area contributed by atoms with Gasteiger partial charge >= 0.3 is 0 Å².